The van der Waals surface area contributed by atoms with Crippen LogP contribution in [0.2, 0.25) is 0 Å². The monoisotopic (exact) mass is 298 g/mol. The molecule has 0 unspecified atom stereocenters. The van der Waals surface area contributed by atoms with Crippen LogP contribution < -0.4 is 4.74 Å². The number of carbonyl (C=O) groups is 1. The van der Waals surface area contributed by atoms with Gasteiger partial charge in [-0.15, -0.1) is 0 Å². The zero-order valence-electron chi connectivity index (χ0n) is 13.5. The van der Waals surface area contributed by atoms with Crippen molar-refractivity contribution in [2.75, 3.05) is 0 Å². The van der Waals surface area contributed by atoms with Crippen LogP contribution in [0, 0.1) is 27.7 Å². The molecule has 3 heteroatoms. The summed E-state index contributed by atoms with van der Waals surface area (Å²) in [5.41, 5.74) is 5.34. The first-order valence-corrected chi connectivity index (χ1v) is 7.39. The van der Waals surface area contributed by atoms with Crippen molar-refractivity contribution in [3.05, 3.63) is 64.2 Å². The summed E-state index contributed by atoms with van der Waals surface area (Å²) in [4.78, 5) is 11.5. The summed E-state index contributed by atoms with van der Waals surface area (Å²) >= 11 is 0. The summed E-state index contributed by atoms with van der Waals surface area (Å²) in [6, 6.07) is 11.8. The Balaban J connectivity index is 2.23. The van der Waals surface area contributed by atoms with Crippen molar-refractivity contribution in [2.45, 2.75) is 40.2 Å². The van der Waals surface area contributed by atoms with Gasteiger partial charge in [0.25, 0.3) is 0 Å². The van der Waals surface area contributed by atoms with Crippen LogP contribution in [0.4, 0.5) is 0 Å². The Morgan fingerprint density at radius 1 is 1.00 bits per heavy atom. The molecular formula is C19H22O3. The molecule has 116 valence electrons. The summed E-state index contributed by atoms with van der Waals surface area (Å²) in [7, 11) is 0. The molecule has 1 N–H and O–H groups in total. The molecule has 0 amide bonds. The predicted octanol–water partition coefficient (Wildman–Crippen LogP) is 3.99. The van der Waals surface area contributed by atoms with Gasteiger partial charge in [-0.2, -0.15) is 0 Å². The van der Waals surface area contributed by atoms with Crippen molar-refractivity contribution in [1.29, 1.82) is 0 Å². The van der Waals surface area contributed by atoms with Gasteiger partial charge in [-0.05, 0) is 62.1 Å². The van der Waals surface area contributed by atoms with E-state index in [2.05, 4.69) is 0 Å². The van der Waals surface area contributed by atoms with Gasteiger partial charge in [0.2, 0.25) is 0 Å². The molecule has 0 spiro atoms. The quantitative estimate of drug-likeness (QED) is 0.907. The van der Waals surface area contributed by atoms with Gasteiger partial charge >= 0.3 is 5.97 Å². The summed E-state index contributed by atoms with van der Waals surface area (Å²) in [5.74, 6) is -0.338. The Labute approximate surface area is 131 Å². The molecule has 0 saturated carbocycles. The first kappa shape index (κ1) is 16.1. The van der Waals surface area contributed by atoms with Gasteiger partial charge in [0, 0.05) is 6.42 Å². The minimum atomic E-state index is -0.944. The second-order valence-electron chi connectivity index (χ2n) is 5.90. The van der Waals surface area contributed by atoms with Gasteiger partial charge < -0.3 is 9.84 Å². The fraction of sp³-hybridized carbons (Fsp3) is 0.316. The van der Waals surface area contributed by atoms with Crippen molar-refractivity contribution >= 4 is 5.97 Å². The van der Waals surface area contributed by atoms with Gasteiger partial charge in [-0.1, -0.05) is 29.8 Å². The van der Waals surface area contributed by atoms with Crippen molar-refractivity contribution in [1.82, 2.24) is 0 Å². The summed E-state index contributed by atoms with van der Waals surface area (Å²) in [5, 5.41) is 9.47. The fourth-order valence-electron chi connectivity index (χ4n) is 2.56. The maximum Gasteiger partial charge on any atom is 0.345 e. The van der Waals surface area contributed by atoms with Crippen molar-refractivity contribution in [3.8, 4) is 5.75 Å². The third kappa shape index (κ3) is 4.10. The van der Waals surface area contributed by atoms with Crippen LogP contribution in [0.25, 0.3) is 0 Å². The third-order valence-corrected chi connectivity index (χ3v) is 3.66. The number of carboxylic acid groups (broad SMARTS) is 1. The minimum Gasteiger partial charge on any atom is -0.478 e. The van der Waals surface area contributed by atoms with E-state index in [-0.39, 0.29) is 0 Å². The number of rotatable bonds is 5. The Hall–Kier alpha value is -2.29. The van der Waals surface area contributed by atoms with Crippen LogP contribution in [0.15, 0.2) is 36.4 Å². The molecule has 0 aliphatic heterocycles. The molecule has 1 atom stereocenters. The van der Waals surface area contributed by atoms with E-state index >= 15 is 0 Å². The Bertz CT molecular complexity index is 669. The zero-order valence-corrected chi connectivity index (χ0v) is 13.5. The molecule has 22 heavy (non-hydrogen) atoms. The molecule has 3 nitrogen and oxygen atoms in total. The molecule has 0 aliphatic carbocycles. The minimum absolute atomic E-state index is 0.357. The van der Waals surface area contributed by atoms with E-state index in [1.165, 1.54) is 0 Å². The number of benzene rings is 2. The molecular weight excluding hydrogens is 276 g/mol. The molecule has 2 aromatic carbocycles. The molecule has 0 fully saturated rings. The Morgan fingerprint density at radius 2 is 1.64 bits per heavy atom. The van der Waals surface area contributed by atoms with E-state index in [1.54, 1.807) is 0 Å². The predicted molar refractivity (Wildman–Crippen MR) is 87.6 cm³/mol. The van der Waals surface area contributed by atoms with E-state index in [4.69, 9.17) is 4.74 Å². The third-order valence-electron chi connectivity index (χ3n) is 3.66. The highest BCUT2D eigenvalue weighted by molar-refractivity contribution is 5.73. The highest BCUT2D eigenvalue weighted by Gasteiger charge is 2.21. The van der Waals surface area contributed by atoms with Gasteiger partial charge in [0.15, 0.2) is 6.10 Å². The van der Waals surface area contributed by atoms with Crippen molar-refractivity contribution < 1.29 is 14.6 Å². The lowest BCUT2D eigenvalue weighted by atomic mass is 10.00. The lowest BCUT2D eigenvalue weighted by Crippen LogP contribution is -2.29. The number of hydrogen-bond acceptors (Lipinski definition) is 2. The maximum atomic E-state index is 11.5. The topological polar surface area (TPSA) is 46.5 Å². The lowest BCUT2D eigenvalue weighted by Gasteiger charge is -2.17. The largest absolute Gasteiger partial charge is 0.478 e. The van der Waals surface area contributed by atoms with E-state index in [0.717, 1.165) is 27.8 Å². The van der Waals surface area contributed by atoms with Gasteiger partial charge in [0.05, 0.1) is 0 Å². The molecule has 0 saturated heterocycles. The molecule has 0 radical (unpaired) electrons. The average Bonchev–Trinajstić information content (AvgIpc) is 2.40. The van der Waals surface area contributed by atoms with Gasteiger partial charge in [-0.3, -0.25) is 0 Å². The van der Waals surface area contributed by atoms with E-state index < -0.39 is 12.1 Å². The molecule has 2 aromatic rings. The fourth-order valence-corrected chi connectivity index (χ4v) is 2.56. The lowest BCUT2D eigenvalue weighted by molar-refractivity contribution is -0.145. The average molecular weight is 298 g/mol. The summed E-state index contributed by atoms with van der Waals surface area (Å²) in [6.45, 7) is 7.94. The van der Waals surface area contributed by atoms with Crippen LogP contribution in [0.1, 0.15) is 27.8 Å². The first-order valence-electron chi connectivity index (χ1n) is 7.39. The van der Waals surface area contributed by atoms with Crippen LogP contribution >= 0.6 is 0 Å². The van der Waals surface area contributed by atoms with Crippen LogP contribution in [0.5, 0.6) is 5.75 Å². The summed E-state index contributed by atoms with van der Waals surface area (Å²) < 4.78 is 5.74. The highest BCUT2D eigenvalue weighted by atomic mass is 16.5. The van der Waals surface area contributed by atoms with E-state index in [0.29, 0.717) is 12.2 Å². The zero-order chi connectivity index (χ0) is 16.3. The highest BCUT2D eigenvalue weighted by Crippen LogP contribution is 2.20. The first-order chi connectivity index (χ1) is 10.3. The number of hydrogen-bond donors (Lipinski definition) is 1. The SMILES string of the molecule is Cc1cc(C)cc(O[C@@H](Cc2cc(C)ccc2C)C(=O)O)c1. The van der Waals surface area contributed by atoms with E-state index in [1.807, 2.05) is 64.1 Å². The normalized spacial score (nSPS) is 12.0. The standard InChI is InChI=1S/C19H22O3/c1-12-5-6-15(4)16(8-12)11-18(19(20)21)22-17-9-13(2)7-14(3)10-17/h5-10,18H,11H2,1-4H3,(H,20,21)/t18-/m0/s1. The Morgan fingerprint density at radius 3 is 2.23 bits per heavy atom. The van der Waals surface area contributed by atoms with Crippen LogP contribution in [0.3, 0.4) is 0 Å². The number of carboxylic acids is 1. The van der Waals surface area contributed by atoms with E-state index in [9.17, 15) is 9.90 Å². The molecule has 0 heterocycles. The van der Waals surface area contributed by atoms with Gasteiger partial charge in [-0.25, -0.2) is 4.79 Å². The summed E-state index contributed by atoms with van der Waals surface area (Å²) in [6.07, 6.45) is -0.530. The van der Waals surface area contributed by atoms with Crippen molar-refractivity contribution in [2.24, 2.45) is 0 Å². The molecule has 0 bridgehead atoms. The molecule has 0 aromatic heterocycles. The number of ether oxygens (including phenoxy) is 1. The second-order valence-corrected chi connectivity index (χ2v) is 5.90. The van der Waals surface area contributed by atoms with Crippen molar-refractivity contribution in [3.63, 3.8) is 0 Å². The second kappa shape index (κ2) is 6.65. The smallest absolute Gasteiger partial charge is 0.345 e. The molecule has 0 aliphatic rings. The number of aryl methyl sites for hydroxylation is 4. The van der Waals surface area contributed by atoms with Gasteiger partial charge in [0.1, 0.15) is 5.75 Å². The maximum absolute atomic E-state index is 11.5. The van der Waals surface area contributed by atoms with Crippen LogP contribution in [-0.2, 0) is 11.2 Å². The number of aliphatic carboxylic acids is 1. The Kier molecular flexibility index (Phi) is 4.86. The van der Waals surface area contributed by atoms with Crippen LogP contribution in [-0.4, -0.2) is 17.2 Å². The molecule has 2 rings (SSSR count).